The van der Waals surface area contributed by atoms with E-state index >= 15 is 0 Å². The van der Waals surface area contributed by atoms with Gasteiger partial charge in [-0.15, -0.1) is 0 Å². The fourth-order valence-corrected chi connectivity index (χ4v) is 4.00. The van der Waals surface area contributed by atoms with Crippen molar-refractivity contribution in [2.24, 2.45) is 7.05 Å². The number of nitrogens with zero attached hydrogens (tertiary/aromatic N) is 4. The van der Waals surface area contributed by atoms with Gasteiger partial charge in [-0.1, -0.05) is 6.07 Å². The van der Waals surface area contributed by atoms with Crippen molar-refractivity contribution in [1.82, 2.24) is 24.9 Å². The Hall–Kier alpha value is -3.26. The third-order valence-electron chi connectivity index (χ3n) is 5.73. The number of halogens is 2. The monoisotopic (exact) mass is 439 g/mol. The van der Waals surface area contributed by atoms with Gasteiger partial charge in [0.25, 0.3) is 0 Å². The van der Waals surface area contributed by atoms with Gasteiger partial charge < -0.3 is 9.64 Å². The van der Waals surface area contributed by atoms with Crippen molar-refractivity contribution in [3.8, 4) is 16.9 Å². The summed E-state index contributed by atoms with van der Waals surface area (Å²) in [7, 11) is 5.83. The Morgan fingerprint density at radius 1 is 1.12 bits per heavy atom. The number of aromatic nitrogens is 4. The maximum atomic E-state index is 14.8. The van der Waals surface area contributed by atoms with Crippen LogP contribution in [0.5, 0.6) is 5.75 Å². The fraction of sp³-hybridized carbons (Fsp3) is 0.333. The van der Waals surface area contributed by atoms with Gasteiger partial charge in [0.05, 0.1) is 23.5 Å². The smallest absolute Gasteiger partial charge is 0.201 e. The Labute approximate surface area is 185 Å². The number of hydrogen-bond acceptors (Lipinski definition) is 4. The van der Waals surface area contributed by atoms with Gasteiger partial charge in [0.15, 0.2) is 11.6 Å². The van der Waals surface area contributed by atoms with Crippen LogP contribution in [-0.2, 0) is 20.0 Å². The molecule has 0 aliphatic rings. The number of hydrogen-bond donors (Lipinski definition) is 1. The molecule has 32 heavy (non-hydrogen) atoms. The molecule has 0 atom stereocenters. The Morgan fingerprint density at radius 2 is 1.91 bits per heavy atom. The molecule has 0 radical (unpaired) electrons. The molecule has 8 heteroatoms. The zero-order chi connectivity index (χ0) is 23.0. The molecule has 0 saturated carbocycles. The first-order valence-corrected chi connectivity index (χ1v) is 10.5. The van der Waals surface area contributed by atoms with Crippen molar-refractivity contribution in [3.63, 3.8) is 0 Å². The highest BCUT2D eigenvalue weighted by molar-refractivity contribution is 5.87. The van der Waals surface area contributed by atoms with Crippen molar-refractivity contribution in [3.05, 3.63) is 64.6 Å². The van der Waals surface area contributed by atoms with Gasteiger partial charge >= 0.3 is 0 Å². The minimum absolute atomic E-state index is 0.0822. The maximum Gasteiger partial charge on any atom is 0.201 e. The van der Waals surface area contributed by atoms with E-state index in [1.165, 1.54) is 0 Å². The van der Waals surface area contributed by atoms with Crippen LogP contribution in [0.25, 0.3) is 22.0 Å². The Bertz CT molecular complexity index is 1280. The summed E-state index contributed by atoms with van der Waals surface area (Å²) in [6, 6.07) is 8.34. The normalized spacial score (nSPS) is 11.6. The lowest BCUT2D eigenvalue weighted by Crippen LogP contribution is -2.11. The second kappa shape index (κ2) is 8.70. The van der Waals surface area contributed by atoms with Crippen LogP contribution in [-0.4, -0.2) is 45.6 Å². The van der Waals surface area contributed by atoms with E-state index in [1.54, 1.807) is 6.07 Å². The number of ether oxygens (including phenoxy) is 1. The van der Waals surface area contributed by atoms with Gasteiger partial charge in [0, 0.05) is 36.7 Å². The number of nitrogens with one attached hydrogen (secondary N) is 1. The van der Waals surface area contributed by atoms with Gasteiger partial charge in [0.1, 0.15) is 0 Å². The van der Waals surface area contributed by atoms with E-state index in [9.17, 15) is 8.78 Å². The Balaban J connectivity index is 1.67. The van der Waals surface area contributed by atoms with Gasteiger partial charge in [-0.25, -0.2) is 4.39 Å². The number of H-pyrrole nitrogens is 1. The molecular formula is C24H27F2N5O. The molecule has 4 aromatic rings. The molecule has 0 aliphatic heterocycles. The SMILES string of the molecule is Cc1nn(C)c(C)c1CCOc1c(-c2ccc3n[nH]c(CN(C)C)c3c2)ccc(F)c1F. The first kappa shape index (κ1) is 22.0. The van der Waals surface area contributed by atoms with Gasteiger partial charge in [-0.2, -0.15) is 14.6 Å². The average Bonchev–Trinajstić information content (AvgIpc) is 3.25. The van der Waals surface area contributed by atoms with E-state index in [0.717, 1.165) is 45.2 Å². The third kappa shape index (κ3) is 4.10. The van der Waals surface area contributed by atoms with Crippen LogP contribution >= 0.6 is 0 Å². The largest absolute Gasteiger partial charge is 0.489 e. The van der Waals surface area contributed by atoms with Crippen molar-refractivity contribution in [1.29, 1.82) is 0 Å². The lowest BCUT2D eigenvalue weighted by atomic mass is 10.0. The first-order valence-electron chi connectivity index (χ1n) is 10.5. The molecule has 0 unspecified atom stereocenters. The predicted octanol–water partition coefficient (Wildman–Crippen LogP) is 4.54. The number of rotatable bonds is 7. The molecule has 2 aromatic heterocycles. The van der Waals surface area contributed by atoms with Crippen LogP contribution in [0, 0.1) is 25.5 Å². The zero-order valence-electron chi connectivity index (χ0n) is 19.0. The predicted molar refractivity (Wildman–Crippen MR) is 121 cm³/mol. The molecule has 1 N–H and O–H groups in total. The fourth-order valence-electron chi connectivity index (χ4n) is 4.00. The minimum atomic E-state index is -0.983. The van der Waals surface area contributed by atoms with Crippen LogP contribution in [0.2, 0.25) is 0 Å². The van der Waals surface area contributed by atoms with E-state index in [0.29, 0.717) is 18.5 Å². The number of fused-ring (bicyclic) bond motifs is 1. The van der Waals surface area contributed by atoms with Crippen LogP contribution in [0.4, 0.5) is 8.78 Å². The van der Waals surface area contributed by atoms with Gasteiger partial charge in [0.2, 0.25) is 5.82 Å². The van der Waals surface area contributed by atoms with Crippen LogP contribution in [0.1, 0.15) is 22.6 Å². The summed E-state index contributed by atoms with van der Waals surface area (Å²) in [4.78, 5) is 2.04. The molecule has 4 rings (SSSR count). The third-order valence-corrected chi connectivity index (χ3v) is 5.73. The van der Waals surface area contributed by atoms with Crippen LogP contribution < -0.4 is 4.74 Å². The maximum absolute atomic E-state index is 14.8. The second-order valence-electron chi connectivity index (χ2n) is 8.28. The molecule has 0 saturated heterocycles. The summed E-state index contributed by atoms with van der Waals surface area (Å²) in [5.41, 5.74) is 6.01. The minimum Gasteiger partial charge on any atom is -0.489 e. The second-order valence-corrected chi connectivity index (χ2v) is 8.28. The lowest BCUT2D eigenvalue weighted by Gasteiger charge is -2.14. The summed E-state index contributed by atoms with van der Waals surface area (Å²) < 4.78 is 36.5. The summed E-state index contributed by atoms with van der Waals surface area (Å²) in [5, 5.41) is 12.7. The molecule has 0 amide bonds. The van der Waals surface area contributed by atoms with Crippen molar-refractivity contribution in [2.75, 3.05) is 20.7 Å². The first-order chi connectivity index (χ1) is 15.3. The molecule has 0 spiro atoms. The molecule has 168 valence electrons. The number of aryl methyl sites for hydroxylation is 2. The van der Waals surface area contributed by atoms with E-state index in [1.807, 2.05) is 62.8 Å². The van der Waals surface area contributed by atoms with Crippen LogP contribution in [0.3, 0.4) is 0 Å². The van der Waals surface area contributed by atoms with E-state index < -0.39 is 11.6 Å². The molecule has 2 heterocycles. The van der Waals surface area contributed by atoms with Crippen molar-refractivity contribution in [2.45, 2.75) is 26.8 Å². The highest BCUT2D eigenvalue weighted by atomic mass is 19.2. The zero-order valence-corrected chi connectivity index (χ0v) is 19.0. The summed E-state index contributed by atoms with van der Waals surface area (Å²) in [6.45, 7) is 4.81. The molecule has 6 nitrogen and oxygen atoms in total. The standard InChI is InChI=1S/C24H27F2N5O/c1-14-17(15(2)31(5)29-14)10-11-32-24-18(7-8-20(25)23(24)26)16-6-9-21-19(12-16)22(28-27-21)13-30(3)4/h6-9,12H,10-11,13H2,1-5H3,(H,27,28). The van der Waals surface area contributed by atoms with Gasteiger partial charge in [-0.3, -0.25) is 9.78 Å². The van der Waals surface area contributed by atoms with Crippen LogP contribution in [0.15, 0.2) is 30.3 Å². The van der Waals surface area contributed by atoms with E-state index in [4.69, 9.17) is 4.74 Å². The molecule has 0 bridgehead atoms. The summed E-state index contributed by atoms with van der Waals surface area (Å²) >= 11 is 0. The van der Waals surface area contributed by atoms with E-state index in [-0.39, 0.29) is 12.4 Å². The summed E-state index contributed by atoms with van der Waals surface area (Å²) in [6.07, 6.45) is 0.550. The highest BCUT2D eigenvalue weighted by Gasteiger charge is 2.19. The highest BCUT2D eigenvalue weighted by Crippen LogP contribution is 2.36. The molecule has 0 aliphatic carbocycles. The number of aromatic amines is 1. The topological polar surface area (TPSA) is 59.0 Å². The van der Waals surface area contributed by atoms with E-state index in [2.05, 4.69) is 15.3 Å². The summed E-state index contributed by atoms with van der Waals surface area (Å²) in [5.74, 6) is -2.00. The number of benzene rings is 2. The Kier molecular flexibility index (Phi) is 5.97. The van der Waals surface area contributed by atoms with Gasteiger partial charge in [-0.05, 0) is 63.3 Å². The lowest BCUT2D eigenvalue weighted by molar-refractivity contribution is 0.300. The molecular weight excluding hydrogens is 412 g/mol. The Morgan fingerprint density at radius 3 is 2.59 bits per heavy atom. The molecule has 2 aromatic carbocycles. The van der Waals surface area contributed by atoms with Crippen molar-refractivity contribution >= 4 is 10.9 Å². The quantitative estimate of drug-likeness (QED) is 0.459. The average molecular weight is 440 g/mol. The molecule has 0 fully saturated rings. The van der Waals surface area contributed by atoms with Crippen molar-refractivity contribution < 1.29 is 13.5 Å².